The van der Waals surface area contributed by atoms with Gasteiger partial charge in [-0.2, -0.15) is 4.68 Å². The van der Waals surface area contributed by atoms with Gasteiger partial charge < -0.3 is 13.7 Å². The third kappa shape index (κ3) is 6.24. The Morgan fingerprint density at radius 3 is 2.41 bits per heavy atom. The first-order chi connectivity index (χ1) is 21.8. The standard InChI is InChI=1S/C34H41N5O5SSi/c1-33(2,3)45(42)37-34(16-10-17-34)26-14-13-24(21-35-26)27-28(40)25-15-18-38-31(30(25)44-29(27)23-11-8-7-9-12-23)36-39(32(38)41)22-43-19-20-46(4,5)6/h7-9,11-15,18,21,37H,10,16-17,19-20,22H2,1-6H3. The van der Waals surface area contributed by atoms with Crippen LogP contribution in [0.25, 0.3) is 39.1 Å². The van der Waals surface area contributed by atoms with Gasteiger partial charge in [0, 0.05) is 49.6 Å². The van der Waals surface area contributed by atoms with E-state index in [0.29, 0.717) is 34.4 Å². The van der Waals surface area contributed by atoms with Crippen molar-refractivity contribution in [2.75, 3.05) is 6.61 Å². The van der Waals surface area contributed by atoms with Gasteiger partial charge in [0.25, 0.3) is 0 Å². The summed E-state index contributed by atoms with van der Waals surface area (Å²) in [6, 6.07) is 15.8. The molecule has 10 nitrogen and oxygen atoms in total. The molecule has 1 N–H and O–H groups in total. The number of benzene rings is 1. The molecule has 0 amide bonds. The van der Waals surface area contributed by atoms with Crippen molar-refractivity contribution in [3.05, 3.63) is 87.3 Å². The van der Waals surface area contributed by atoms with Gasteiger partial charge in [0.15, 0.2) is 5.58 Å². The van der Waals surface area contributed by atoms with Gasteiger partial charge in [-0.05, 0) is 58.2 Å². The van der Waals surface area contributed by atoms with E-state index in [1.165, 1.54) is 9.08 Å². The molecule has 1 unspecified atom stereocenters. The molecule has 4 heterocycles. The molecular formula is C34H41N5O5SSi. The largest absolute Gasteiger partial charge is 0.598 e. The summed E-state index contributed by atoms with van der Waals surface area (Å²) < 4.78 is 30.9. The van der Waals surface area contributed by atoms with Crippen LogP contribution in [0.2, 0.25) is 25.7 Å². The molecule has 1 fully saturated rings. The first kappa shape index (κ1) is 32.4. The van der Waals surface area contributed by atoms with E-state index < -0.39 is 29.7 Å². The molecule has 0 saturated heterocycles. The van der Waals surface area contributed by atoms with Gasteiger partial charge >= 0.3 is 5.69 Å². The van der Waals surface area contributed by atoms with Gasteiger partial charge in [0.05, 0.1) is 16.6 Å². The Kier molecular flexibility index (Phi) is 8.61. The average Bonchev–Trinajstić information content (AvgIpc) is 3.32. The number of pyridine rings is 2. The average molecular weight is 660 g/mol. The summed E-state index contributed by atoms with van der Waals surface area (Å²) in [6.45, 7) is 13.2. The van der Waals surface area contributed by atoms with Crippen LogP contribution < -0.4 is 15.8 Å². The van der Waals surface area contributed by atoms with Crippen LogP contribution in [0.15, 0.2) is 74.9 Å². The summed E-state index contributed by atoms with van der Waals surface area (Å²) in [7, 11) is -1.29. The van der Waals surface area contributed by atoms with Crippen LogP contribution in [0, 0.1) is 0 Å². The summed E-state index contributed by atoms with van der Waals surface area (Å²) in [6.07, 6.45) is 5.93. The van der Waals surface area contributed by atoms with Crippen molar-refractivity contribution in [2.45, 2.75) is 82.7 Å². The molecule has 1 saturated carbocycles. The summed E-state index contributed by atoms with van der Waals surface area (Å²) in [4.78, 5) is 32.3. The van der Waals surface area contributed by atoms with Gasteiger partial charge in [-0.3, -0.25) is 9.78 Å². The number of aromatic nitrogens is 4. The normalized spacial score (nSPS) is 15.7. The molecule has 0 radical (unpaired) electrons. The van der Waals surface area contributed by atoms with Crippen molar-refractivity contribution in [1.29, 1.82) is 0 Å². The van der Waals surface area contributed by atoms with Crippen LogP contribution in [-0.4, -0.2) is 43.1 Å². The Bertz CT molecular complexity index is 1990. The maximum Gasteiger partial charge on any atom is 0.352 e. The van der Waals surface area contributed by atoms with E-state index in [9.17, 15) is 14.1 Å². The number of ether oxygens (including phenoxy) is 1. The minimum absolute atomic E-state index is 0.0120. The molecule has 5 aromatic rings. The van der Waals surface area contributed by atoms with Crippen LogP contribution in [0.4, 0.5) is 0 Å². The fourth-order valence-electron chi connectivity index (χ4n) is 5.49. The zero-order chi connectivity index (χ0) is 32.9. The molecular weight excluding hydrogens is 619 g/mol. The minimum Gasteiger partial charge on any atom is -0.598 e. The summed E-state index contributed by atoms with van der Waals surface area (Å²) in [5.74, 6) is 0.361. The van der Waals surface area contributed by atoms with Crippen molar-refractivity contribution >= 4 is 36.1 Å². The van der Waals surface area contributed by atoms with E-state index >= 15 is 0 Å². The Labute approximate surface area is 272 Å². The molecule has 6 rings (SSSR count). The van der Waals surface area contributed by atoms with Crippen LogP contribution in [0.1, 0.15) is 45.7 Å². The third-order valence-electron chi connectivity index (χ3n) is 8.45. The number of hydrogen-bond donors (Lipinski definition) is 1. The van der Waals surface area contributed by atoms with E-state index in [4.69, 9.17) is 14.1 Å². The van der Waals surface area contributed by atoms with Gasteiger partial charge in [0.2, 0.25) is 11.1 Å². The highest BCUT2D eigenvalue weighted by atomic mass is 32.2. The summed E-state index contributed by atoms with van der Waals surface area (Å²) >= 11 is -1.26. The zero-order valence-corrected chi connectivity index (χ0v) is 29.1. The number of nitrogens with one attached hydrogen (secondary N) is 1. The highest BCUT2D eigenvalue weighted by Crippen LogP contribution is 2.42. The maximum atomic E-state index is 14.3. The minimum atomic E-state index is -1.29. The molecule has 0 bridgehead atoms. The van der Waals surface area contributed by atoms with Gasteiger partial charge in [-0.1, -0.05) is 56.0 Å². The Morgan fingerprint density at radius 2 is 1.80 bits per heavy atom. The smallest absolute Gasteiger partial charge is 0.352 e. The summed E-state index contributed by atoms with van der Waals surface area (Å²) in [5, 5.41) is 4.83. The lowest BCUT2D eigenvalue weighted by molar-refractivity contribution is 0.0761. The molecule has 1 atom stereocenters. The van der Waals surface area contributed by atoms with Crippen molar-refractivity contribution in [3.8, 4) is 22.5 Å². The fraction of sp³-hybridized carbons (Fsp3) is 0.412. The van der Waals surface area contributed by atoms with Crippen LogP contribution in [-0.2, 0) is 28.4 Å². The SMILES string of the molecule is CC(C)(C)[S+]([O-])NC1(c2ccc(-c3c(-c4ccccc4)oc4c(ccn5c(=O)n(COCC[Si](C)(C)C)nc45)c3=O)cn2)CCC1. The Hall–Kier alpha value is -3.55. The molecule has 0 spiro atoms. The molecule has 0 aliphatic heterocycles. The van der Waals surface area contributed by atoms with Crippen molar-refractivity contribution in [1.82, 2.24) is 23.9 Å². The quantitative estimate of drug-likeness (QED) is 0.109. The molecule has 1 aliphatic rings. The van der Waals surface area contributed by atoms with Gasteiger partial charge in [-0.15, -0.1) is 9.82 Å². The molecule has 1 aliphatic carbocycles. The van der Waals surface area contributed by atoms with Crippen LogP contribution in [0.3, 0.4) is 0 Å². The van der Waals surface area contributed by atoms with Crippen molar-refractivity contribution < 1.29 is 13.7 Å². The molecule has 12 heteroatoms. The van der Waals surface area contributed by atoms with Crippen LogP contribution >= 0.6 is 0 Å². The maximum absolute atomic E-state index is 14.3. The van der Waals surface area contributed by atoms with E-state index in [1.54, 1.807) is 18.5 Å². The van der Waals surface area contributed by atoms with Gasteiger partial charge in [0.1, 0.15) is 22.8 Å². The van der Waals surface area contributed by atoms with E-state index in [1.807, 2.05) is 63.2 Å². The lowest BCUT2D eigenvalue weighted by Gasteiger charge is -2.43. The zero-order valence-electron chi connectivity index (χ0n) is 27.3. The lowest BCUT2D eigenvalue weighted by atomic mass is 9.75. The number of hydrogen-bond acceptors (Lipinski definition) is 8. The van der Waals surface area contributed by atoms with E-state index in [2.05, 4.69) is 29.5 Å². The molecule has 242 valence electrons. The molecule has 4 aromatic heterocycles. The molecule has 1 aromatic carbocycles. The third-order valence-corrected chi connectivity index (χ3v) is 11.8. The van der Waals surface area contributed by atoms with E-state index in [-0.39, 0.29) is 29.1 Å². The molecule has 46 heavy (non-hydrogen) atoms. The number of rotatable bonds is 10. The second kappa shape index (κ2) is 12.2. The first-order valence-electron chi connectivity index (χ1n) is 15.7. The fourth-order valence-corrected chi connectivity index (χ4v) is 7.22. The number of fused-ring (bicyclic) bond motifs is 3. The highest BCUT2D eigenvalue weighted by molar-refractivity contribution is 7.90. The Balaban J connectivity index is 1.43. The second-order valence-corrected chi connectivity index (χ2v) is 21.8. The monoisotopic (exact) mass is 659 g/mol. The van der Waals surface area contributed by atoms with E-state index in [0.717, 1.165) is 31.0 Å². The highest BCUT2D eigenvalue weighted by Gasteiger charge is 2.46. The predicted molar refractivity (Wildman–Crippen MR) is 185 cm³/mol. The van der Waals surface area contributed by atoms with Crippen LogP contribution in [0.5, 0.6) is 0 Å². The van der Waals surface area contributed by atoms with Crippen molar-refractivity contribution in [3.63, 3.8) is 0 Å². The topological polar surface area (TPSA) is 127 Å². The summed E-state index contributed by atoms with van der Waals surface area (Å²) in [5.41, 5.74) is 1.84. The predicted octanol–water partition coefficient (Wildman–Crippen LogP) is 6.07. The number of nitrogens with zero attached hydrogens (tertiary/aromatic N) is 4. The van der Waals surface area contributed by atoms with Crippen molar-refractivity contribution in [2.24, 2.45) is 0 Å². The van der Waals surface area contributed by atoms with Gasteiger partial charge in [-0.25, -0.2) is 9.20 Å². The second-order valence-electron chi connectivity index (χ2n) is 14.2. The first-order valence-corrected chi connectivity index (χ1v) is 20.5. The lowest BCUT2D eigenvalue weighted by Crippen LogP contribution is -2.55. The Morgan fingerprint density at radius 1 is 1.07 bits per heavy atom.